The van der Waals surface area contributed by atoms with Crippen LogP contribution in [0.15, 0.2) is 120 Å². The van der Waals surface area contributed by atoms with Crippen molar-refractivity contribution >= 4 is 44.8 Å². The van der Waals surface area contributed by atoms with Crippen molar-refractivity contribution in [3.8, 4) is 0 Å². The molecule has 1 unspecified atom stereocenters. The van der Waals surface area contributed by atoms with Gasteiger partial charge >= 0.3 is 0 Å². The van der Waals surface area contributed by atoms with Crippen LogP contribution in [-0.2, 0) is 4.79 Å². The van der Waals surface area contributed by atoms with Gasteiger partial charge in [-0.25, -0.2) is 0 Å². The molecule has 40 heavy (non-hydrogen) atoms. The molecule has 1 N–H and O–H groups in total. The summed E-state index contributed by atoms with van der Waals surface area (Å²) in [5, 5.41) is 3.10. The van der Waals surface area contributed by atoms with Crippen molar-refractivity contribution in [2.24, 2.45) is 5.41 Å². The van der Waals surface area contributed by atoms with Crippen LogP contribution >= 0.6 is 15.9 Å². The normalized spacial score (nSPS) is 18.3. The SMILES string of the molecule is O=C(Nc1ccccc1N1C(=O)C2(CCCCC2)C(c2ccccc2)C=C1c1ccccc1)c1cccc(Br)c1. The Morgan fingerprint density at radius 2 is 1.48 bits per heavy atom. The fraction of sp³-hybridized carbons (Fsp3) is 0.200. The maximum absolute atomic E-state index is 15.0. The molecule has 0 bridgehead atoms. The summed E-state index contributed by atoms with van der Waals surface area (Å²) in [7, 11) is 0. The number of carbonyl (C=O) groups is 2. The number of hydrogen-bond acceptors (Lipinski definition) is 2. The van der Waals surface area contributed by atoms with Gasteiger partial charge in [-0.05, 0) is 54.3 Å². The zero-order valence-electron chi connectivity index (χ0n) is 22.2. The van der Waals surface area contributed by atoms with E-state index in [-0.39, 0.29) is 17.7 Å². The quantitative estimate of drug-likeness (QED) is 0.252. The van der Waals surface area contributed by atoms with E-state index < -0.39 is 5.41 Å². The first-order chi connectivity index (χ1) is 19.6. The van der Waals surface area contributed by atoms with Crippen molar-refractivity contribution in [3.05, 3.63) is 136 Å². The van der Waals surface area contributed by atoms with E-state index in [1.165, 1.54) is 5.56 Å². The van der Waals surface area contributed by atoms with Crippen molar-refractivity contribution in [2.75, 3.05) is 10.2 Å². The molecular formula is C35H31BrN2O2. The molecule has 0 radical (unpaired) electrons. The first-order valence-corrected chi connectivity index (χ1v) is 14.7. The standard InChI is InChI=1S/C35H31BrN2O2/c36-28-18-12-17-27(23-28)33(39)37-30-19-8-9-20-31(30)38-32(26-15-6-2-7-16-26)24-29(25-13-4-1-5-14-25)35(34(38)40)21-10-3-11-22-35/h1-2,4-9,12-20,23-24,29H,3,10-11,21-22H2,(H,37,39). The molecule has 1 atom stereocenters. The summed E-state index contributed by atoms with van der Waals surface area (Å²) in [6.07, 6.45) is 7.17. The van der Waals surface area contributed by atoms with Gasteiger partial charge in [-0.2, -0.15) is 0 Å². The van der Waals surface area contributed by atoms with Gasteiger partial charge in [0, 0.05) is 16.0 Å². The van der Waals surface area contributed by atoms with Crippen LogP contribution in [0.1, 0.15) is 59.5 Å². The third-order valence-electron chi connectivity index (χ3n) is 8.24. The van der Waals surface area contributed by atoms with Gasteiger partial charge in [-0.3, -0.25) is 14.5 Å². The third-order valence-corrected chi connectivity index (χ3v) is 8.74. The van der Waals surface area contributed by atoms with Gasteiger partial charge in [0.25, 0.3) is 5.91 Å². The Hall–Kier alpha value is -3.96. The number of anilines is 2. The molecule has 1 saturated carbocycles. The van der Waals surface area contributed by atoms with Crippen molar-refractivity contribution in [2.45, 2.75) is 38.0 Å². The van der Waals surface area contributed by atoms with Gasteiger partial charge in [-0.15, -0.1) is 0 Å². The number of para-hydroxylation sites is 2. The van der Waals surface area contributed by atoms with Crippen molar-refractivity contribution in [1.82, 2.24) is 0 Å². The molecule has 5 heteroatoms. The number of carbonyl (C=O) groups excluding carboxylic acids is 2. The largest absolute Gasteiger partial charge is 0.320 e. The monoisotopic (exact) mass is 590 g/mol. The van der Waals surface area contributed by atoms with Crippen molar-refractivity contribution < 1.29 is 9.59 Å². The first-order valence-electron chi connectivity index (χ1n) is 13.9. The number of nitrogens with one attached hydrogen (secondary N) is 1. The van der Waals surface area contributed by atoms with E-state index >= 15 is 0 Å². The lowest BCUT2D eigenvalue weighted by Gasteiger charge is -2.48. The summed E-state index contributed by atoms with van der Waals surface area (Å²) in [6.45, 7) is 0. The third kappa shape index (κ3) is 4.90. The Balaban J connectivity index is 1.51. The molecule has 1 spiro atoms. The van der Waals surface area contributed by atoms with Gasteiger partial charge in [0.15, 0.2) is 0 Å². The second kappa shape index (κ2) is 11.3. The van der Waals surface area contributed by atoms with Crippen molar-refractivity contribution in [1.29, 1.82) is 0 Å². The molecular weight excluding hydrogens is 560 g/mol. The van der Waals surface area contributed by atoms with Gasteiger partial charge in [0.2, 0.25) is 5.91 Å². The van der Waals surface area contributed by atoms with E-state index in [4.69, 9.17) is 0 Å². The molecule has 200 valence electrons. The predicted octanol–water partition coefficient (Wildman–Crippen LogP) is 8.82. The minimum Gasteiger partial charge on any atom is -0.320 e. The molecule has 1 fully saturated rings. The van der Waals surface area contributed by atoms with Gasteiger partial charge < -0.3 is 5.32 Å². The van der Waals surface area contributed by atoms with E-state index in [0.717, 1.165) is 47.8 Å². The lowest BCUT2D eigenvalue weighted by atomic mass is 9.61. The van der Waals surface area contributed by atoms with Crippen LogP contribution in [0.2, 0.25) is 0 Å². The second-order valence-corrected chi connectivity index (χ2v) is 11.6. The maximum atomic E-state index is 15.0. The average molecular weight is 592 g/mol. The Bertz CT molecular complexity index is 1560. The molecule has 4 nitrogen and oxygen atoms in total. The van der Waals surface area contributed by atoms with Crippen LogP contribution < -0.4 is 10.2 Å². The number of benzene rings is 4. The molecule has 0 aromatic heterocycles. The van der Waals surface area contributed by atoms with Crippen LogP contribution in [0.3, 0.4) is 0 Å². The Morgan fingerprint density at radius 3 is 2.20 bits per heavy atom. The highest BCUT2D eigenvalue weighted by Gasteiger charge is 2.52. The lowest BCUT2D eigenvalue weighted by Crippen LogP contribution is -2.51. The fourth-order valence-corrected chi connectivity index (χ4v) is 6.71. The molecule has 2 amide bonds. The highest BCUT2D eigenvalue weighted by Crippen LogP contribution is 2.55. The number of nitrogens with zero attached hydrogens (tertiary/aromatic N) is 1. The number of hydrogen-bond donors (Lipinski definition) is 1. The smallest absolute Gasteiger partial charge is 0.255 e. The zero-order chi connectivity index (χ0) is 27.5. The van der Waals surface area contributed by atoms with Crippen LogP contribution in [0, 0.1) is 5.41 Å². The summed E-state index contributed by atoms with van der Waals surface area (Å²) in [6, 6.07) is 35.5. The summed E-state index contributed by atoms with van der Waals surface area (Å²) in [5.74, 6) is -0.152. The molecule has 1 heterocycles. The summed E-state index contributed by atoms with van der Waals surface area (Å²) in [5.41, 5.74) is 4.27. The van der Waals surface area contributed by atoms with Gasteiger partial charge in [0.1, 0.15) is 0 Å². The molecule has 4 aromatic rings. The van der Waals surface area contributed by atoms with E-state index in [2.05, 4.69) is 63.7 Å². The molecule has 2 aliphatic rings. The fourth-order valence-electron chi connectivity index (χ4n) is 6.31. The summed E-state index contributed by atoms with van der Waals surface area (Å²) in [4.78, 5) is 30.2. The van der Waals surface area contributed by atoms with Crippen LogP contribution in [0.5, 0.6) is 0 Å². The van der Waals surface area contributed by atoms with E-state index in [9.17, 15) is 9.59 Å². The highest BCUT2D eigenvalue weighted by atomic mass is 79.9. The van der Waals surface area contributed by atoms with Gasteiger partial charge in [-0.1, -0.05) is 120 Å². The molecule has 0 saturated heterocycles. The Kier molecular flexibility index (Phi) is 7.40. The second-order valence-electron chi connectivity index (χ2n) is 10.6. The zero-order valence-corrected chi connectivity index (χ0v) is 23.8. The van der Waals surface area contributed by atoms with Crippen LogP contribution in [0.4, 0.5) is 11.4 Å². The first kappa shape index (κ1) is 26.3. The van der Waals surface area contributed by atoms with Crippen molar-refractivity contribution in [3.63, 3.8) is 0 Å². The van der Waals surface area contributed by atoms with Crippen LogP contribution in [0.25, 0.3) is 5.70 Å². The molecule has 4 aromatic carbocycles. The number of halogens is 1. The minimum atomic E-state index is -0.542. The summed E-state index contributed by atoms with van der Waals surface area (Å²) >= 11 is 3.46. The molecule has 6 rings (SSSR count). The topological polar surface area (TPSA) is 49.4 Å². The predicted molar refractivity (Wildman–Crippen MR) is 165 cm³/mol. The molecule has 1 aliphatic heterocycles. The van der Waals surface area contributed by atoms with Gasteiger partial charge in [0.05, 0.1) is 22.5 Å². The van der Waals surface area contributed by atoms with E-state index in [0.29, 0.717) is 16.9 Å². The minimum absolute atomic E-state index is 0.0311. The number of amides is 2. The lowest BCUT2D eigenvalue weighted by molar-refractivity contribution is -0.130. The summed E-state index contributed by atoms with van der Waals surface area (Å²) < 4.78 is 0.833. The molecule has 1 aliphatic carbocycles. The number of allylic oxidation sites excluding steroid dienone is 1. The van der Waals surface area contributed by atoms with Crippen LogP contribution in [-0.4, -0.2) is 11.8 Å². The highest BCUT2D eigenvalue weighted by molar-refractivity contribution is 9.10. The number of rotatable bonds is 5. The maximum Gasteiger partial charge on any atom is 0.255 e. The van der Waals surface area contributed by atoms with E-state index in [1.807, 2.05) is 65.6 Å². The average Bonchev–Trinajstić information content (AvgIpc) is 3.00. The Labute approximate surface area is 243 Å². The Morgan fingerprint density at radius 1 is 0.800 bits per heavy atom. The van der Waals surface area contributed by atoms with E-state index in [1.54, 1.807) is 12.1 Å².